The highest BCUT2D eigenvalue weighted by molar-refractivity contribution is 5.78. The van der Waals surface area contributed by atoms with E-state index in [1.54, 1.807) is 28.4 Å². The fraction of sp³-hybridized carbons (Fsp3) is 0.458. The molecule has 0 saturated heterocycles. The number of methoxy groups -OCH3 is 4. The van der Waals surface area contributed by atoms with Crippen molar-refractivity contribution in [2.24, 2.45) is 0 Å². The number of hydrogen-bond acceptors (Lipinski definition) is 6. The van der Waals surface area contributed by atoms with Crippen LogP contribution in [0.2, 0.25) is 0 Å². The van der Waals surface area contributed by atoms with E-state index in [9.17, 15) is 4.79 Å². The molecule has 0 aliphatic rings. The van der Waals surface area contributed by atoms with Gasteiger partial charge in [0.1, 0.15) is 17.2 Å². The van der Waals surface area contributed by atoms with Crippen molar-refractivity contribution in [1.82, 2.24) is 10.2 Å². The molecule has 1 unspecified atom stereocenters. The van der Waals surface area contributed by atoms with Crippen LogP contribution in [0.3, 0.4) is 0 Å². The van der Waals surface area contributed by atoms with E-state index < -0.39 is 0 Å². The number of carbonyl (C=O) groups excluding carboxylic acids is 1. The second-order valence-corrected chi connectivity index (χ2v) is 7.38. The average Bonchev–Trinajstić information content (AvgIpc) is 2.79. The molecular formula is C24H34N2O5. The zero-order chi connectivity index (χ0) is 22.6. The van der Waals surface area contributed by atoms with Gasteiger partial charge in [0.2, 0.25) is 5.91 Å². The molecule has 1 N–H and O–H groups in total. The summed E-state index contributed by atoms with van der Waals surface area (Å²) in [5, 5.41) is 3.02. The summed E-state index contributed by atoms with van der Waals surface area (Å²) in [5.74, 6) is 2.24. The Morgan fingerprint density at radius 2 is 1.52 bits per heavy atom. The number of ether oxygens (including phenoxy) is 4. The number of nitrogens with zero attached hydrogens (tertiary/aromatic N) is 1. The largest absolute Gasteiger partial charge is 0.497 e. The molecule has 0 aliphatic heterocycles. The number of amides is 1. The van der Waals surface area contributed by atoms with Crippen molar-refractivity contribution in [2.45, 2.75) is 25.9 Å². The fourth-order valence-corrected chi connectivity index (χ4v) is 3.29. The van der Waals surface area contributed by atoms with Crippen molar-refractivity contribution in [3.05, 3.63) is 53.6 Å². The molecule has 2 rings (SSSR count). The van der Waals surface area contributed by atoms with Crippen LogP contribution in [0.5, 0.6) is 17.2 Å². The maximum atomic E-state index is 12.6. The van der Waals surface area contributed by atoms with Gasteiger partial charge in [-0.2, -0.15) is 0 Å². The minimum absolute atomic E-state index is 0.0219. The maximum absolute atomic E-state index is 12.6. The van der Waals surface area contributed by atoms with Gasteiger partial charge in [0.05, 0.1) is 34.5 Å². The molecule has 0 aromatic heterocycles. The van der Waals surface area contributed by atoms with Gasteiger partial charge < -0.3 is 24.3 Å². The van der Waals surface area contributed by atoms with Crippen LogP contribution in [-0.2, 0) is 22.5 Å². The molecule has 1 amide bonds. The molecule has 31 heavy (non-hydrogen) atoms. The Balaban J connectivity index is 1.97. The van der Waals surface area contributed by atoms with Crippen LogP contribution in [0.1, 0.15) is 18.1 Å². The first-order chi connectivity index (χ1) is 15.0. The van der Waals surface area contributed by atoms with Crippen molar-refractivity contribution in [1.29, 1.82) is 0 Å². The van der Waals surface area contributed by atoms with E-state index in [0.29, 0.717) is 19.7 Å². The molecule has 2 aromatic carbocycles. The molecule has 7 nitrogen and oxygen atoms in total. The minimum Gasteiger partial charge on any atom is -0.497 e. The third kappa shape index (κ3) is 8.11. The highest BCUT2D eigenvalue weighted by Crippen LogP contribution is 2.24. The third-order valence-corrected chi connectivity index (χ3v) is 5.07. The molecule has 0 heterocycles. The molecule has 0 bridgehead atoms. The lowest BCUT2D eigenvalue weighted by molar-refractivity contribution is -0.123. The van der Waals surface area contributed by atoms with Crippen LogP contribution in [0.4, 0.5) is 0 Å². The van der Waals surface area contributed by atoms with Crippen molar-refractivity contribution in [3.8, 4) is 17.2 Å². The van der Waals surface area contributed by atoms with E-state index in [1.807, 2.05) is 49.4 Å². The van der Waals surface area contributed by atoms with E-state index in [-0.39, 0.29) is 18.5 Å². The summed E-state index contributed by atoms with van der Waals surface area (Å²) in [4.78, 5) is 14.7. The lowest BCUT2D eigenvalue weighted by Crippen LogP contribution is -2.43. The van der Waals surface area contributed by atoms with Gasteiger partial charge in [-0.1, -0.05) is 12.1 Å². The molecule has 0 saturated carbocycles. The van der Waals surface area contributed by atoms with Gasteiger partial charge in [0.15, 0.2) is 0 Å². The predicted molar refractivity (Wildman–Crippen MR) is 121 cm³/mol. The number of nitrogens with one attached hydrogen (secondary N) is 1. The normalized spacial score (nSPS) is 11.8. The van der Waals surface area contributed by atoms with E-state index in [4.69, 9.17) is 18.9 Å². The van der Waals surface area contributed by atoms with Crippen LogP contribution >= 0.6 is 0 Å². The summed E-state index contributed by atoms with van der Waals surface area (Å²) >= 11 is 0. The monoisotopic (exact) mass is 430 g/mol. The minimum atomic E-state index is -0.0219. The molecule has 0 aliphatic carbocycles. The van der Waals surface area contributed by atoms with Gasteiger partial charge in [-0.25, -0.2) is 0 Å². The molecule has 2 aromatic rings. The third-order valence-electron chi connectivity index (χ3n) is 5.07. The topological polar surface area (TPSA) is 69.3 Å². The molecule has 1 atom stereocenters. The second-order valence-electron chi connectivity index (χ2n) is 7.38. The van der Waals surface area contributed by atoms with Crippen molar-refractivity contribution in [3.63, 3.8) is 0 Å². The smallest absolute Gasteiger partial charge is 0.234 e. The lowest BCUT2D eigenvalue weighted by atomic mass is 10.1. The Hall–Kier alpha value is -2.77. The van der Waals surface area contributed by atoms with Gasteiger partial charge in [0, 0.05) is 32.3 Å². The Kier molecular flexibility index (Phi) is 10.1. The van der Waals surface area contributed by atoms with E-state index in [1.165, 1.54) is 0 Å². The zero-order valence-corrected chi connectivity index (χ0v) is 19.1. The fourth-order valence-electron chi connectivity index (χ4n) is 3.29. The second kappa shape index (κ2) is 12.8. The van der Waals surface area contributed by atoms with Gasteiger partial charge >= 0.3 is 0 Å². The maximum Gasteiger partial charge on any atom is 0.234 e. The summed E-state index contributed by atoms with van der Waals surface area (Å²) in [6.07, 6.45) is 0.760. The summed E-state index contributed by atoms with van der Waals surface area (Å²) < 4.78 is 21.2. The lowest BCUT2D eigenvalue weighted by Gasteiger charge is -2.28. The van der Waals surface area contributed by atoms with Crippen molar-refractivity contribution >= 4 is 5.91 Å². The first kappa shape index (κ1) is 24.5. The quantitative estimate of drug-likeness (QED) is 0.527. The highest BCUT2D eigenvalue weighted by atomic mass is 16.5. The molecule has 0 fully saturated rings. The molecule has 170 valence electrons. The Labute approximate surface area is 185 Å². The number of benzene rings is 2. The van der Waals surface area contributed by atoms with Gasteiger partial charge in [-0.05, 0) is 48.7 Å². The van der Waals surface area contributed by atoms with Crippen molar-refractivity contribution < 1.29 is 23.7 Å². The molecular weight excluding hydrogens is 396 g/mol. The molecule has 7 heteroatoms. The van der Waals surface area contributed by atoms with Crippen LogP contribution in [0.15, 0.2) is 42.5 Å². The Morgan fingerprint density at radius 3 is 2.06 bits per heavy atom. The zero-order valence-electron chi connectivity index (χ0n) is 19.1. The molecule has 0 radical (unpaired) electrons. The van der Waals surface area contributed by atoms with Crippen LogP contribution in [-0.4, -0.2) is 65.0 Å². The van der Waals surface area contributed by atoms with Crippen LogP contribution in [0.25, 0.3) is 0 Å². The highest BCUT2D eigenvalue weighted by Gasteiger charge is 2.18. The number of rotatable bonds is 13. The van der Waals surface area contributed by atoms with E-state index in [0.717, 1.165) is 34.8 Å². The van der Waals surface area contributed by atoms with Gasteiger partial charge in [-0.3, -0.25) is 9.69 Å². The Morgan fingerprint density at radius 1 is 0.903 bits per heavy atom. The van der Waals surface area contributed by atoms with Crippen LogP contribution in [0, 0.1) is 0 Å². The van der Waals surface area contributed by atoms with Crippen LogP contribution < -0.4 is 19.5 Å². The standard InChI is InChI=1S/C24H34N2O5/c1-18(17-28-2)26(15-20-12-22(30-4)14-23(13-20)31-5)16-24(27)25-11-10-19-6-8-21(29-3)9-7-19/h6-9,12-14,18H,10-11,15-17H2,1-5H3,(H,25,27). The average molecular weight is 431 g/mol. The summed E-state index contributed by atoms with van der Waals surface area (Å²) in [6, 6.07) is 13.7. The van der Waals surface area contributed by atoms with E-state index in [2.05, 4.69) is 10.2 Å². The van der Waals surface area contributed by atoms with Crippen molar-refractivity contribution in [2.75, 3.05) is 48.1 Å². The summed E-state index contributed by atoms with van der Waals surface area (Å²) in [7, 11) is 6.56. The SMILES string of the molecule is COCC(C)N(CC(=O)NCCc1ccc(OC)cc1)Cc1cc(OC)cc(OC)c1. The summed E-state index contributed by atoms with van der Waals surface area (Å²) in [5.41, 5.74) is 2.15. The Bertz CT molecular complexity index is 788. The molecule has 0 spiro atoms. The number of carbonyl (C=O) groups is 1. The van der Waals surface area contributed by atoms with Gasteiger partial charge in [-0.15, -0.1) is 0 Å². The van der Waals surface area contributed by atoms with E-state index >= 15 is 0 Å². The number of hydrogen-bond donors (Lipinski definition) is 1. The summed E-state index contributed by atoms with van der Waals surface area (Å²) in [6.45, 7) is 3.99. The predicted octanol–water partition coefficient (Wildman–Crippen LogP) is 2.91. The first-order valence-electron chi connectivity index (χ1n) is 10.3. The van der Waals surface area contributed by atoms with Gasteiger partial charge in [0.25, 0.3) is 0 Å². The first-order valence-corrected chi connectivity index (χ1v) is 10.3.